The van der Waals surface area contributed by atoms with Crippen molar-refractivity contribution in [2.45, 2.75) is 38.1 Å². The van der Waals surface area contributed by atoms with Crippen molar-refractivity contribution in [3.63, 3.8) is 0 Å². The summed E-state index contributed by atoms with van der Waals surface area (Å²) >= 11 is 0. The highest BCUT2D eigenvalue weighted by atomic mass is 16.2. The van der Waals surface area contributed by atoms with Crippen LogP contribution < -0.4 is 15.5 Å². The van der Waals surface area contributed by atoms with Crippen LogP contribution in [0.2, 0.25) is 0 Å². The molecule has 30 heavy (non-hydrogen) atoms. The van der Waals surface area contributed by atoms with Crippen molar-refractivity contribution in [2.75, 3.05) is 43.4 Å². The maximum absolute atomic E-state index is 12.9. The van der Waals surface area contributed by atoms with Crippen LogP contribution in [0.15, 0.2) is 30.5 Å². The Hall–Kier alpha value is -2.87. The Labute approximate surface area is 178 Å². The fraction of sp³-hybridized carbons (Fsp3) is 0.500. The van der Waals surface area contributed by atoms with Crippen LogP contribution in [0.4, 0.5) is 11.4 Å². The van der Waals surface area contributed by atoms with Gasteiger partial charge in [0.25, 0.3) is 11.8 Å². The van der Waals surface area contributed by atoms with Crippen LogP contribution in [-0.2, 0) is 0 Å². The molecule has 162 valence electrons. The summed E-state index contributed by atoms with van der Waals surface area (Å²) in [5.41, 5.74) is 2.30. The van der Waals surface area contributed by atoms with Gasteiger partial charge in [-0.1, -0.05) is 25.3 Å². The number of carbonyl (C=O) groups excluding carboxylic acids is 2. The van der Waals surface area contributed by atoms with Gasteiger partial charge in [0.1, 0.15) is 5.69 Å². The molecule has 1 aromatic heterocycles. The van der Waals surface area contributed by atoms with E-state index in [9.17, 15) is 9.59 Å². The third-order valence-corrected chi connectivity index (χ3v) is 6.03. The fourth-order valence-corrected chi connectivity index (χ4v) is 4.16. The van der Waals surface area contributed by atoms with Crippen molar-refractivity contribution in [1.82, 2.24) is 20.4 Å². The number of anilines is 2. The van der Waals surface area contributed by atoms with Crippen LogP contribution in [0.3, 0.4) is 0 Å². The number of amides is 2. The topological polar surface area (TPSA) is 93.4 Å². The predicted octanol–water partition coefficient (Wildman–Crippen LogP) is 2.72. The SMILES string of the molecule is CN1CCN(c2cccc(C(=O)Nc3cn[nH]c3C(=O)NC3CCCCC3)c2)CC1.[HH]. The quantitative estimate of drug-likeness (QED) is 0.702. The highest BCUT2D eigenvalue weighted by Gasteiger charge is 2.21. The number of aromatic amines is 1. The van der Waals surface area contributed by atoms with E-state index in [0.29, 0.717) is 16.9 Å². The van der Waals surface area contributed by atoms with Gasteiger partial charge in [-0.3, -0.25) is 14.7 Å². The summed E-state index contributed by atoms with van der Waals surface area (Å²) < 4.78 is 0. The van der Waals surface area contributed by atoms with E-state index < -0.39 is 0 Å². The first-order valence-electron chi connectivity index (χ1n) is 10.8. The summed E-state index contributed by atoms with van der Waals surface area (Å²) in [6.07, 6.45) is 6.99. The summed E-state index contributed by atoms with van der Waals surface area (Å²) in [6, 6.07) is 7.81. The normalized spacial score (nSPS) is 18.2. The van der Waals surface area contributed by atoms with Gasteiger partial charge in [-0.15, -0.1) is 0 Å². The van der Waals surface area contributed by atoms with Crippen molar-refractivity contribution in [3.8, 4) is 0 Å². The summed E-state index contributed by atoms with van der Waals surface area (Å²) in [7, 11) is 2.12. The summed E-state index contributed by atoms with van der Waals surface area (Å²) in [5.74, 6) is -0.472. The van der Waals surface area contributed by atoms with Crippen molar-refractivity contribution >= 4 is 23.2 Å². The zero-order valence-electron chi connectivity index (χ0n) is 17.5. The molecular formula is C22H32N6O2. The largest absolute Gasteiger partial charge is 0.369 e. The van der Waals surface area contributed by atoms with Crippen LogP contribution in [-0.4, -0.2) is 66.2 Å². The lowest BCUT2D eigenvalue weighted by Crippen LogP contribution is -2.44. The number of H-pyrrole nitrogens is 1. The average molecular weight is 413 g/mol. The van der Waals surface area contributed by atoms with E-state index in [1.54, 1.807) is 6.07 Å². The summed E-state index contributed by atoms with van der Waals surface area (Å²) in [6.45, 7) is 3.89. The van der Waals surface area contributed by atoms with Gasteiger partial charge in [-0.05, 0) is 38.1 Å². The molecule has 1 aliphatic heterocycles. The van der Waals surface area contributed by atoms with E-state index in [1.165, 1.54) is 12.6 Å². The number of piperazine rings is 1. The lowest BCUT2D eigenvalue weighted by molar-refractivity contribution is 0.0923. The van der Waals surface area contributed by atoms with Crippen LogP contribution in [0.25, 0.3) is 0 Å². The van der Waals surface area contributed by atoms with Crippen molar-refractivity contribution in [2.24, 2.45) is 0 Å². The van der Waals surface area contributed by atoms with E-state index in [4.69, 9.17) is 0 Å². The number of aromatic nitrogens is 2. The van der Waals surface area contributed by atoms with Crippen LogP contribution in [0.1, 0.15) is 54.4 Å². The Bertz CT molecular complexity index is 888. The van der Waals surface area contributed by atoms with Gasteiger partial charge in [-0.2, -0.15) is 5.10 Å². The second kappa shape index (κ2) is 9.30. The minimum absolute atomic E-state index is 0. The molecule has 8 heteroatoms. The van der Waals surface area contributed by atoms with Gasteiger partial charge >= 0.3 is 0 Å². The van der Waals surface area contributed by atoms with Crippen molar-refractivity contribution in [3.05, 3.63) is 41.7 Å². The number of benzene rings is 1. The first-order valence-corrected chi connectivity index (χ1v) is 10.8. The molecule has 8 nitrogen and oxygen atoms in total. The Kier molecular flexibility index (Phi) is 6.32. The molecule has 2 heterocycles. The molecule has 1 saturated carbocycles. The molecule has 4 rings (SSSR count). The molecule has 2 aromatic rings. The summed E-state index contributed by atoms with van der Waals surface area (Å²) in [5, 5.41) is 12.6. The molecule has 2 amide bonds. The number of nitrogens with one attached hydrogen (secondary N) is 3. The maximum Gasteiger partial charge on any atom is 0.271 e. The lowest BCUT2D eigenvalue weighted by atomic mass is 9.95. The predicted molar refractivity (Wildman–Crippen MR) is 119 cm³/mol. The van der Waals surface area contributed by atoms with E-state index in [1.807, 2.05) is 18.2 Å². The number of hydrogen-bond acceptors (Lipinski definition) is 5. The zero-order chi connectivity index (χ0) is 20.9. The van der Waals surface area contributed by atoms with Crippen LogP contribution in [0, 0.1) is 0 Å². The maximum atomic E-state index is 12.9. The Morgan fingerprint density at radius 1 is 1.10 bits per heavy atom. The van der Waals surface area contributed by atoms with Gasteiger partial charge in [0.15, 0.2) is 0 Å². The number of hydrogen-bond donors (Lipinski definition) is 3. The van der Waals surface area contributed by atoms with Gasteiger partial charge in [-0.25, -0.2) is 0 Å². The molecule has 1 aliphatic carbocycles. The van der Waals surface area contributed by atoms with Gasteiger partial charge in [0.05, 0.1) is 11.9 Å². The highest BCUT2D eigenvalue weighted by Crippen LogP contribution is 2.21. The van der Waals surface area contributed by atoms with Gasteiger partial charge in [0.2, 0.25) is 0 Å². The first-order chi connectivity index (χ1) is 14.6. The standard InChI is InChI=1S/C22H30N6O2.H2/c1-27-10-12-28(13-11-27)18-9-5-6-16(14-18)21(29)25-19-15-23-26-20(19)22(30)24-17-7-3-2-4-8-17;/h5-6,9,14-15,17H,2-4,7-8,10-13H2,1H3,(H,23,26)(H,24,30)(H,25,29);1H. The molecule has 0 unspecified atom stereocenters. The minimum Gasteiger partial charge on any atom is -0.369 e. The molecule has 0 radical (unpaired) electrons. The Balaban J connectivity index is 0.00000272. The van der Waals surface area contributed by atoms with Gasteiger partial charge in [0, 0.05) is 44.9 Å². The smallest absolute Gasteiger partial charge is 0.271 e. The second-order valence-electron chi connectivity index (χ2n) is 8.26. The molecule has 0 bridgehead atoms. The van der Waals surface area contributed by atoms with Crippen LogP contribution >= 0.6 is 0 Å². The highest BCUT2D eigenvalue weighted by molar-refractivity contribution is 6.08. The monoisotopic (exact) mass is 412 g/mol. The average Bonchev–Trinajstić information content (AvgIpc) is 3.23. The minimum atomic E-state index is -0.251. The molecule has 2 aliphatic rings. The number of nitrogens with zero attached hydrogens (tertiary/aromatic N) is 3. The van der Waals surface area contributed by atoms with E-state index in [0.717, 1.165) is 57.5 Å². The Morgan fingerprint density at radius 2 is 1.87 bits per heavy atom. The van der Waals surface area contributed by atoms with E-state index in [-0.39, 0.29) is 19.3 Å². The molecular weight excluding hydrogens is 380 g/mol. The molecule has 0 atom stereocenters. The molecule has 1 aromatic carbocycles. The number of carbonyl (C=O) groups is 2. The summed E-state index contributed by atoms with van der Waals surface area (Å²) in [4.78, 5) is 30.1. The van der Waals surface area contributed by atoms with Crippen molar-refractivity contribution < 1.29 is 11.0 Å². The first kappa shape index (κ1) is 20.4. The molecule has 1 saturated heterocycles. The van der Waals surface area contributed by atoms with E-state index in [2.05, 4.69) is 37.7 Å². The molecule has 0 spiro atoms. The molecule has 2 fully saturated rings. The Morgan fingerprint density at radius 3 is 2.63 bits per heavy atom. The third kappa shape index (κ3) is 4.81. The second-order valence-corrected chi connectivity index (χ2v) is 8.26. The fourth-order valence-electron chi connectivity index (χ4n) is 4.16. The van der Waals surface area contributed by atoms with Crippen molar-refractivity contribution in [1.29, 1.82) is 0 Å². The van der Waals surface area contributed by atoms with Gasteiger partial charge < -0.3 is 20.4 Å². The third-order valence-electron chi connectivity index (χ3n) is 6.03. The lowest BCUT2D eigenvalue weighted by Gasteiger charge is -2.34. The number of likely N-dealkylation sites (N-methyl/N-ethyl adjacent to an activating group) is 1. The molecule has 3 N–H and O–H groups in total. The number of rotatable bonds is 5. The zero-order valence-corrected chi connectivity index (χ0v) is 17.5. The van der Waals surface area contributed by atoms with E-state index >= 15 is 0 Å². The van der Waals surface area contributed by atoms with Crippen LogP contribution in [0.5, 0.6) is 0 Å².